The first kappa shape index (κ1) is 25.1. The average molecular weight is 545 g/mol. The van der Waals surface area contributed by atoms with Gasteiger partial charge in [0, 0.05) is 0 Å². The van der Waals surface area contributed by atoms with Gasteiger partial charge in [0.2, 0.25) is 0 Å². The van der Waals surface area contributed by atoms with E-state index >= 15 is 0 Å². The van der Waals surface area contributed by atoms with Crippen LogP contribution in [0.5, 0.6) is 0 Å². The Labute approximate surface area is 182 Å². The molecule has 0 atom stereocenters. The normalized spacial score (nSPS) is 11.0. The molecule has 0 amide bonds. The predicted molar refractivity (Wildman–Crippen MR) is 132 cm³/mol. The fourth-order valence-corrected chi connectivity index (χ4v) is 20.3. The Bertz CT molecular complexity index is 569. The summed E-state index contributed by atoms with van der Waals surface area (Å²) in [6.07, 6.45) is 0. The first-order chi connectivity index (χ1) is 13.2. The third kappa shape index (κ3) is 8.14. The van der Waals surface area contributed by atoms with E-state index in [1.807, 2.05) is 8.79 Å². The summed E-state index contributed by atoms with van der Waals surface area (Å²) in [5, 5.41) is 8.64. The molecule has 147 valence electrons. The number of hydrogen-bond acceptors (Lipinski definition) is 0. The summed E-state index contributed by atoms with van der Waals surface area (Å²) in [5.74, 6) is 0. The molecule has 0 aromatic heterocycles. The molecule has 0 aliphatic rings. The van der Waals surface area contributed by atoms with Gasteiger partial charge in [-0.2, -0.15) is 0 Å². The molecule has 0 nitrogen and oxygen atoms in total. The second-order valence-electron chi connectivity index (χ2n) is 6.84. The summed E-state index contributed by atoms with van der Waals surface area (Å²) in [6, 6.07) is 20.4. The van der Waals surface area contributed by atoms with Crippen LogP contribution in [0.1, 0.15) is 41.5 Å². The van der Waals surface area contributed by atoms with Gasteiger partial charge in [0.1, 0.15) is 0 Å². The second kappa shape index (κ2) is 15.0. The molecule has 0 spiro atoms. The number of benzene rings is 2. The van der Waals surface area contributed by atoms with Crippen LogP contribution in [0.2, 0.25) is 31.5 Å². The molecule has 2 aromatic rings. The Hall–Kier alpha value is 0.0686. The van der Waals surface area contributed by atoms with E-state index in [0.29, 0.717) is 0 Å². The van der Waals surface area contributed by atoms with Gasteiger partial charge in [0.05, 0.1) is 0 Å². The molecule has 0 saturated carbocycles. The van der Waals surface area contributed by atoms with Crippen LogP contribution < -0.4 is 13.2 Å². The van der Waals surface area contributed by atoms with E-state index in [1.54, 1.807) is 4.40 Å². The molecule has 27 heavy (non-hydrogen) atoms. The Kier molecular flexibility index (Phi) is 13.9. The molecule has 0 heterocycles. The molecular formula is C24H39Ge3. The Morgan fingerprint density at radius 3 is 1.11 bits per heavy atom. The van der Waals surface area contributed by atoms with Crippen LogP contribution in [-0.4, -0.2) is 43.0 Å². The maximum absolute atomic E-state index is 2.45. The zero-order valence-electron chi connectivity index (χ0n) is 18.4. The third-order valence-corrected chi connectivity index (χ3v) is 24.7. The molecule has 3 radical (unpaired) electrons. The SMILES string of the molecule is C[CH2][Ge]([CH2]C)[c]1cccc[c]1[Ge]([CH2]C)[CH2]C.C[CH2][Ge]([CH2]C)[c]1ccccc1. The third-order valence-electron chi connectivity index (χ3n) is 5.43. The van der Waals surface area contributed by atoms with E-state index in [9.17, 15) is 0 Å². The summed E-state index contributed by atoms with van der Waals surface area (Å²) in [5.41, 5.74) is 0. The summed E-state index contributed by atoms with van der Waals surface area (Å²) >= 11 is -2.65. The standard InChI is InChI=1S/C14H24Ge2.C10H15Ge/c1-5-15(6-2)13-11-9-10-12-14(13)16(7-3)8-4;1-3-11(4-2)10-8-6-5-7-9-10/h9-12H,5-8H2,1-4H3;5-9H,3-4H2,1-2H3. The number of hydrogen-bond donors (Lipinski definition) is 0. The van der Waals surface area contributed by atoms with Gasteiger partial charge < -0.3 is 0 Å². The molecule has 0 fully saturated rings. The molecular weight excluding hydrogens is 506 g/mol. The van der Waals surface area contributed by atoms with Crippen molar-refractivity contribution in [3.8, 4) is 0 Å². The summed E-state index contributed by atoms with van der Waals surface area (Å²) in [7, 11) is 0. The molecule has 0 N–H and O–H groups in total. The minimum absolute atomic E-state index is 0.813. The van der Waals surface area contributed by atoms with Crippen molar-refractivity contribution in [2.45, 2.75) is 73.1 Å². The van der Waals surface area contributed by atoms with Gasteiger partial charge in [-0.1, -0.05) is 0 Å². The van der Waals surface area contributed by atoms with E-state index in [-0.39, 0.29) is 0 Å². The van der Waals surface area contributed by atoms with Gasteiger partial charge in [0.25, 0.3) is 0 Å². The van der Waals surface area contributed by atoms with Crippen molar-refractivity contribution >= 4 is 56.2 Å². The van der Waals surface area contributed by atoms with Crippen LogP contribution in [0.4, 0.5) is 0 Å². The van der Waals surface area contributed by atoms with Crippen molar-refractivity contribution in [1.82, 2.24) is 0 Å². The van der Waals surface area contributed by atoms with Gasteiger partial charge in [-0.15, -0.1) is 0 Å². The summed E-state index contributed by atoms with van der Waals surface area (Å²) in [4.78, 5) is 0. The molecule has 2 rings (SSSR count). The Balaban J connectivity index is 0.000000289. The van der Waals surface area contributed by atoms with Crippen molar-refractivity contribution in [2.75, 3.05) is 0 Å². The van der Waals surface area contributed by atoms with E-state index in [1.165, 1.54) is 31.5 Å². The summed E-state index contributed by atoms with van der Waals surface area (Å²) < 4.78 is 5.33. The first-order valence-corrected chi connectivity index (χ1v) is 22.9. The van der Waals surface area contributed by atoms with Gasteiger partial charge in [-0.25, -0.2) is 0 Å². The van der Waals surface area contributed by atoms with Crippen molar-refractivity contribution in [3.63, 3.8) is 0 Å². The molecule has 0 aliphatic carbocycles. The zero-order chi connectivity index (χ0) is 20.1. The minimum atomic E-state index is -0.916. The van der Waals surface area contributed by atoms with Crippen LogP contribution in [0.25, 0.3) is 0 Å². The Morgan fingerprint density at radius 2 is 0.778 bits per heavy atom. The van der Waals surface area contributed by atoms with Crippen LogP contribution in [0, 0.1) is 0 Å². The van der Waals surface area contributed by atoms with Crippen LogP contribution in [0.3, 0.4) is 0 Å². The van der Waals surface area contributed by atoms with E-state index in [0.717, 1.165) is 0 Å². The van der Waals surface area contributed by atoms with Gasteiger partial charge in [0.15, 0.2) is 0 Å². The van der Waals surface area contributed by atoms with Crippen LogP contribution in [0.15, 0.2) is 54.6 Å². The fourth-order valence-electron chi connectivity index (χ4n) is 3.69. The van der Waals surface area contributed by atoms with Crippen molar-refractivity contribution < 1.29 is 0 Å². The van der Waals surface area contributed by atoms with E-state index in [4.69, 9.17) is 0 Å². The average Bonchev–Trinajstić information content (AvgIpc) is 2.73. The van der Waals surface area contributed by atoms with Crippen molar-refractivity contribution in [2.24, 2.45) is 0 Å². The van der Waals surface area contributed by atoms with E-state index in [2.05, 4.69) is 96.1 Å². The summed E-state index contributed by atoms with van der Waals surface area (Å²) in [6.45, 7) is 14.2. The molecule has 0 saturated heterocycles. The molecule has 0 aliphatic heterocycles. The van der Waals surface area contributed by atoms with Crippen molar-refractivity contribution in [1.29, 1.82) is 0 Å². The maximum atomic E-state index is 2.45. The van der Waals surface area contributed by atoms with Crippen molar-refractivity contribution in [3.05, 3.63) is 54.6 Å². The molecule has 0 unspecified atom stereocenters. The van der Waals surface area contributed by atoms with Gasteiger partial charge in [-0.05, 0) is 0 Å². The van der Waals surface area contributed by atoms with Gasteiger partial charge >= 0.3 is 184 Å². The molecule has 0 bridgehead atoms. The second-order valence-corrected chi connectivity index (χ2v) is 26.8. The van der Waals surface area contributed by atoms with Crippen LogP contribution in [-0.2, 0) is 0 Å². The number of rotatable bonds is 9. The van der Waals surface area contributed by atoms with E-state index < -0.39 is 43.0 Å². The zero-order valence-corrected chi connectivity index (χ0v) is 24.7. The Morgan fingerprint density at radius 1 is 0.444 bits per heavy atom. The topological polar surface area (TPSA) is 0 Å². The van der Waals surface area contributed by atoms with Crippen LogP contribution >= 0.6 is 0 Å². The first-order valence-electron chi connectivity index (χ1n) is 10.9. The monoisotopic (exact) mass is 549 g/mol. The molecule has 2 aromatic carbocycles. The fraction of sp³-hybridized carbons (Fsp3) is 0.500. The molecule has 3 heteroatoms. The quantitative estimate of drug-likeness (QED) is 0.360. The predicted octanol–water partition coefficient (Wildman–Crippen LogP) is 5.60. The van der Waals surface area contributed by atoms with Gasteiger partial charge in [-0.3, -0.25) is 0 Å².